The lowest BCUT2D eigenvalue weighted by atomic mass is 10.2. The number of anilines is 1. The number of nitrogens with one attached hydrogen (secondary N) is 1. The van der Waals surface area contributed by atoms with Crippen molar-refractivity contribution in [3.8, 4) is 11.4 Å². The van der Waals surface area contributed by atoms with Crippen LogP contribution in [0.5, 0.6) is 0 Å². The summed E-state index contributed by atoms with van der Waals surface area (Å²) < 4.78 is 33.0. The van der Waals surface area contributed by atoms with Crippen molar-refractivity contribution in [2.75, 3.05) is 16.9 Å². The van der Waals surface area contributed by atoms with Crippen molar-refractivity contribution in [3.63, 3.8) is 0 Å². The Balaban J connectivity index is 1.66. The third kappa shape index (κ3) is 3.63. The third-order valence-electron chi connectivity index (χ3n) is 3.30. The summed E-state index contributed by atoms with van der Waals surface area (Å²) in [6.07, 6.45) is 1.51. The number of rotatable bonds is 5. The fraction of sp³-hybridized carbons (Fsp3) is 0.133. The number of halogens is 2. The van der Waals surface area contributed by atoms with E-state index in [-0.39, 0.29) is 11.4 Å². The van der Waals surface area contributed by atoms with E-state index in [1.807, 2.05) is 0 Å². The highest BCUT2D eigenvalue weighted by Crippen LogP contribution is 2.25. The molecule has 0 saturated carbocycles. The molecule has 3 N–H and O–H groups in total. The molecule has 0 aliphatic heterocycles. The maximum Gasteiger partial charge on any atom is 0.234 e. The van der Waals surface area contributed by atoms with E-state index in [0.717, 1.165) is 30.0 Å². The molecule has 2 heterocycles. The molecule has 0 aliphatic carbocycles. The number of benzene rings is 1. The fourth-order valence-electron chi connectivity index (χ4n) is 2.09. The molecule has 130 valence electrons. The average Bonchev–Trinajstić information content (AvgIpc) is 3.14. The number of nitrogen functional groups attached to an aromatic ring is 1. The van der Waals surface area contributed by atoms with Crippen LogP contribution in [0.4, 0.5) is 14.5 Å². The van der Waals surface area contributed by atoms with E-state index < -0.39 is 17.5 Å². The van der Waals surface area contributed by atoms with Crippen molar-refractivity contribution < 1.29 is 18.0 Å². The Morgan fingerprint density at radius 3 is 2.88 bits per heavy atom. The van der Waals surface area contributed by atoms with E-state index in [9.17, 15) is 13.6 Å². The molecule has 0 radical (unpaired) electrons. The third-order valence-corrected chi connectivity index (χ3v) is 4.24. The summed E-state index contributed by atoms with van der Waals surface area (Å²) in [4.78, 5) is 11.9. The maximum absolute atomic E-state index is 13.5. The van der Waals surface area contributed by atoms with E-state index in [1.165, 1.54) is 10.9 Å². The number of thioether (sulfide) groups is 1. The molecule has 25 heavy (non-hydrogen) atoms. The lowest BCUT2D eigenvalue weighted by Crippen LogP contribution is -2.17. The molecule has 0 spiro atoms. The highest BCUT2D eigenvalue weighted by molar-refractivity contribution is 7.99. The van der Waals surface area contributed by atoms with Gasteiger partial charge < -0.3 is 15.6 Å². The minimum absolute atomic E-state index is 0.102. The number of carbonyl (C=O) groups is 1. The SMILES string of the molecule is Cc1occc1-c1nnc(SCC(=O)Nc2cc(F)ccc2F)n1N. The van der Waals surface area contributed by atoms with Crippen LogP contribution in [0.1, 0.15) is 5.76 Å². The van der Waals surface area contributed by atoms with Gasteiger partial charge in [-0.2, -0.15) is 0 Å². The Bertz CT molecular complexity index is 925. The first-order valence-corrected chi connectivity index (χ1v) is 8.07. The molecule has 1 aromatic carbocycles. The smallest absolute Gasteiger partial charge is 0.234 e. The first-order valence-electron chi connectivity index (χ1n) is 7.08. The zero-order valence-electron chi connectivity index (χ0n) is 13.0. The minimum Gasteiger partial charge on any atom is -0.469 e. The molecule has 0 bridgehead atoms. The standard InChI is InChI=1S/C15H13F2N5O2S/c1-8-10(4-5-24-8)14-20-21-15(22(14)18)25-7-13(23)19-12-6-9(16)2-3-11(12)17/h2-6H,7,18H2,1H3,(H,19,23). The fourth-order valence-corrected chi connectivity index (χ4v) is 2.74. The van der Waals surface area contributed by atoms with E-state index in [0.29, 0.717) is 22.3 Å². The van der Waals surface area contributed by atoms with Crippen LogP contribution < -0.4 is 11.2 Å². The van der Waals surface area contributed by atoms with Crippen LogP contribution in [0, 0.1) is 18.6 Å². The number of nitrogens with zero attached hydrogens (tertiary/aromatic N) is 3. The van der Waals surface area contributed by atoms with Gasteiger partial charge in [-0.3, -0.25) is 4.79 Å². The zero-order valence-corrected chi connectivity index (χ0v) is 13.8. The van der Waals surface area contributed by atoms with E-state index in [1.54, 1.807) is 13.0 Å². The predicted molar refractivity (Wildman–Crippen MR) is 88.3 cm³/mol. The topological polar surface area (TPSA) is 99.0 Å². The highest BCUT2D eigenvalue weighted by atomic mass is 32.2. The second kappa shape index (κ2) is 6.93. The molecular formula is C15H13F2N5O2S. The van der Waals surface area contributed by atoms with Crippen LogP contribution in [-0.4, -0.2) is 26.5 Å². The van der Waals surface area contributed by atoms with Gasteiger partial charge in [0.2, 0.25) is 11.1 Å². The van der Waals surface area contributed by atoms with Crippen LogP contribution in [0.2, 0.25) is 0 Å². The number of carbonyl (C=O) groups excluding carboxylic acids is 1. The summed E-state index contributed by atoms with van der Waals surface area (Å²) >= 11 is 1.01. The molecule has 0 aliphatic rings. The van der Waals surface area contributed by atoms with Gasteiger partial charge in [0.05, 0.1) is 23.3 Å². The molecule has 1 amide bonds. The first kappa shape index (κ1) is 17.0. The minimum atomic E-state index is -0.723. The number of nitrogens with two attached hydrogens (primary N) is 1. The molecule has 7 nitrogen and oxygen atoms in total. The Morgan fingerprint density at radius 2 is 2.16 bits per heavy atom. The monoisotopic (exact) mass is 365 g/mol. The molecule has 0 saturated heterocycles. The summed E-state index contributed by atoms with van der Waals surface area (Å²) in [6, 6.07) is 4.52. The van der Waals surface area contributed by atoms with Crippen LogP contribution in [0.15, 0.2) is 40.1 Å². The summed E-state index contributed by atoms with van der Waals surface area (Å²) in [5.74, 6) is 4.96. The Labute approximate surface area is 145 Å². The van der Waals surface area contributed by atoms with E-state index in [2.05, 4.69) is 15.5 Å². The number of aryl methyl sites for hydroxylation is 1. The van der Waals surface area contributed by atoms with Crippen molar-refractivity contribution in [2.45, 2.75) is 12.1 Å². The molecule has 3 rings (SSSR count). The van der Waals surface area contributed by atoms with Gasteiger partial charge in [-0.25, -0.2) is 13.5 Å². The number of hydrogen-bond acceptors (Lipinski definition) is 6. The van der Waals surface area contributed by atoms with Crippen molar-refractivity contribution in [3.05, 3.63) is 47.9 Å². The molecule has 0 unspecified atom stereocenters. The van der Waals surface area contributed by atoms with Crippen molar-refractivity contribution in [1.29, 1.82) is 0 Å². The van der Waals surface area contributed by atoms with Crippen molar-refractivity contribution >= 4 is 23.4 Å². The van der Waals surface area contributed by atoms with Gasteiger partial charge >= 0.3 is 0 Å². The van der Waals surface area contributed by atoms with Crippen LogP contribution in [0.25, 0.3) is 11.4 Å². The quantitative estimate of drug-likeness (QED) is 0.533. The van der Waals surface area contributed by atoms with Gasteiger partial charge in [-0.05, 0) is 25.1 Å². The van der Waals surface area contributed by atoms with Gasteiger partial charge in [-0.15, -0.1) is 10.2 Å². The molecule has 2 aromatic heterocycles. The van der Waals surface area contributed by atoms with Crippen LogP contribution in [0.3, 0.4) is 0 Å². The van der Waals surface area contributed by atoms with Gasteiger partial charge in [0.1, 0.15) is 17.4 Å². The molecule has 0 atom stereocenters. The largest absolute Gasteiger partial charge is 0.469 e. The van der Waals surface area contributed by atoms with Gasteiger partial charge in [0, 0.05) is 6.07 Å². The molecule has 3 aromatic rings. The lowest BCUT2D eigenvalue weighted by molar-refractivity contribution is -0.113. The van der Waals surface area contributed by atoms with Gasteiger partial charge in [-0.1, -0.05) is 11.8 Å². The second-order valence-corrected chi connectivity index (χ2v) is 5.97. The predicted octanol–water partition coefficient (Wildman–Crippen LogP) is 2.57. The summed E-state index contributed by atoms with van der Waals surface area (Å²) in [7, 11) is 0. The van der Waals surface area contributed by atoms with E-state index >= 15 is 0 Å². The molecule has 10 heteroatoms. The number of aromatic nitrogens is 3. The second-order valence-electron chi connectivity index (χ2n) is 5.03. The Hall–Kier alpha value is -2.88. The number of furan rings is 1. The van der Waals surface area contributed by atoms with Gasteiger partial charge in [0.25, 0.3) is 0 Å². The lowest BCUT2D eigenvalue weighted by Gasteiger charge is -2.06. The summed E-state index contributed by atoms with van der Waals surface area (Å²) in [5.41, 5.74) is 0.461. The highest BCUT2D eigenvalue weighted by Gasteiger charge is 2.17. The number of hydrogen-bond donors (Lipinski definition) is 2. The summed E-state index contributed by atoms with van der Waals surface area (Å²) in [6.45, 7) is 1.76. The van der Waals surface area contributed by atoms with E-state index in [4.69, 9.17) is 10.3 Å². The first-order chi connectivity index (χ1) is 12.0. The van der Waals surface area contributed by atoms with Crippen molar-refractivity contribution in [1.82, 2.24) is 14.9 Å². The molecular weight excluding hydrogens is 352 g/mol. The maximum atomic E-state index is 13.5. The van der Waals surface area contributed by atoms with Crippen molar-refractivity contribution in [2.24, 2.45) is 0 Å². The normalized spacial score (nSPS) is 10.8. The average molecular weight is 365 g/mol. The zero-order chi connectivity index (χ0) is 18.0. The van der Waals surface area contributed by atoms with Gasteiger partial charge in [0.15, 0.2) is 5.82 Å². The van der Waals surface area contributed by atoms with Crippen LogP contribution in [-0.2, 0) is 4.79 Å². The molecule has 0 fully saturated rings. The Morgan fingerprint density at radius 1 is 1.36 bits per heavy atom. The number of amides is 1. The summed E-state index contributed by atoms with van der Waals surface area (Å²) in [5, 5.41) is 10.5. The Kier molecular flexibility index (Phi) is 4.70. The van der Waals surface area contributed by atoms with Crippen LogP contribution >= 0.6 is 11.8 Å².